The third kappa shape index (κ3) is 5.91. The topological polar surface area (TPSA) is 0 Å². The maximum absolute atomic E-state index is 15.1. The lowest BCUT2D eigenvalue weighted by molar-refractivity contribution is 0.171. The van der Waals surface area contributed by atoms with Crippen molar-refractivity contribution in [2.45, 2.75) is 57.3 Å². The highest BCUT2D eigenvalue weighted by molar-refractivity contribution is 5.84. The van der Waals surface area contributed by atoms with Gasteiger partial charge in [0.25, 0.3) is 0 Å². The van der Waals surface area contributed by atoms with E-state index in [1.165, 1.54) is 43.9 Å². The summed E-state index contributed by atoms with van der Waals surface area (Å²) in [6.07, 6.45) is 11.0. The van der Waals surface area contributed by atoms with Gasteiger partial charge >= 0.3 is 0 Å². The monoisotopic (exact) mass is 554 g/mol. The molecule has 0 aromatic heterocycles. The molecule has 0 amide bonds. The number of hydrogen-bond acceptors (Lipinski definition) is 0. The lowest BCUT2D eigenvalue weighted by atomic mass is 9.68. The predicted molar refractivity (Wildman–Crippen MR) is 148 cm³/mol. The fourth-order valence-electron chi connectivity index (χ4n) is 6.53. The van der Waals surface area contributed by atoms with E-state index >= 15 is 13.2 Å². The smallest absolute Gasteiger partial charge is 0.169 e. The van der Waals surface area contributed by atoms with Gasteiger partial charge in [0, 0.05) is 16.7 Å². The van der Waals surface area contributed by atoms with E-state index in [9.17, 15) is 13.2 Å². The summed E-state index contributed by atoms with van der Waals surface area (Å²) in [7, 11) is 0. The second-order valence-corrected chi connectivity index (χ2v) is 11.2. The molecular formula is C34H32F6. The number of hydrogen-bond donors (Lipinski definition) is 0. The van der Waals surface area contributed by atoms with Crippen LogP contribution in [0.15, 0.2) is 67.3 Å². The van der Waals surface area contributed by atoms with Crippen molar-refractivity contribution in [3.8, 4) is 11.1 Å². The van der Waals surface area contributed by atoms with E-state index in [-0.39, 0.29) is 17.0 Å². The molecule has 2 saturated carbocycles. The maximum Gasteiger partial charge on any atom is 0.169 e. The molecule has 0 atom stereocenters. The molecule has 2 fully saturated rings. The second kappa shape index (κ2) is 12.1. The first kappa shape index (κ1) is 28.3. The summed E-state index contributed by atoms with van der Waals surface area (Å²) in [5, 5.41) is 0. The van der Waals surface area contributed by atoms with Gasteiger partial charge in [-0.05, 0) is 116 Å². The van der Waals surface area contributed by atoms with Crippen LogP contribution in [0.1, 0.15) is 74.0 Å². The van der Waals surface area contributed by atoms with Crippen molar-refractivity contribution in [1.82, 2.24) is 0 Å². The normalized spacial score (nSPS) is 23.9. The van der Waals surface area contributed by atoms with Gasteiger partial charge in [0.2, 0.25) is 0 Å². The first-order valence-electron chi connectivity index (χ1n) is 14.0. The zero-order valence-corrected chi connectivity index (χ0v) is 22.2. The van der Waals surface area contributed by atoms with Gasteiger partial charge in [0.1, 0.15) is 11.6 Å². The molecule has 0 heterocycles. The third-order valence-electron chi connectivity index (χ3n) is 8.94. The van der Waals surface area contributed by atoms with Crippen LogP contribution in [0.25, 0.3) is 22.8 Å². The summed E-state index contributed by atoms with van der Waals surface area (Å²) in [6.45, 7) is 3.92. The summed E-state index contributed by atoms with van der Waals surface area (Å²) in [6, 6.07) is 10.0. The Morgan fingerprint density at radius 2 is 1.30 bits per heavy atom. The molecule has 2 aliphatic rings. The van der Waals surface area contributed by atoms with Crippen molar-refractivity contribution < 1.29 is 26.3 Å². The van der Waals surface area contributed by atoms with Crippen LogP contribution in [0.3, 0.4) is 0 Å². The summed E-state index contributed by atoms with van der Waals surface area (Å²) < 4.78 is 86.5. The number of rotatable bonds is 6. The lowest BCUT2D eigenvalue weighted by Gasteiger charge is -2.37. The molecule has 40 heavy (non-hydrogen) atoms. The number of benzene rings is 3. The molecule has 3 aromatic rings. The Morgan fingerprint density at radius 1 is 0.625 bits per heavy atom. The Morgan fingerprint density at radius 3 is 1.90 bits per heavy atom. The summed E-state index contributed by atoms with van der Waals surface area (Å²) >= 11 is 0. The van der Waals surface area contributed by atoms with Gasteiger partial charge in [0.05, 0.1) is 0 Å². The van der Waals surface area contributed by atoms with Crippen LogP contribution < -0.4 is 0 Å². The fourth-order valence-corrected chi connectivity index (χ4v) is 6.53. The van der Waals surface area contributed by atoms with Gasteiger partial charge < -0.3 is 0 Å². The molecule has 0 nitrogen and oxygen atoms in total. The minimum absolute atomic E-state index is 0.0450. The van der Waals surface area contributed by atoms with Crippen molar-refractivity contribution in [3.05, 3.63) is 107 Å². The van der Waals surface area contributed by atoms with E-state index in [0.717, 1.165) is 67.5 Å². The molecule has 0 N–H and O–H groups in total. The van der Waals surface area contributed by atoms with Crippen LogP contribution in [-0.2, 0) is 0 Å². The van der Waals surface area contributed by atoms with E-state index < -0.39 is 46.0 Å². The zero-order valence-electron chi connectivity index (χ0n) is 22.2. The van der Waals surface area contributed by atoms with E-state index in [4.69, 9.17) is 0 Å². The zero-order chi connectivity index (χ0) is 28.4. The van der Waals surface area contributed by atoms with Crippen LogP contribution in [0, 0.1) is 41.0 Å². The minimum atomic E-state index is -1.43. The molecule has 0 aliphatic heterocycles. The Labute approximate surface area is 231 Å². The minimum Gasteiger partial charge on any atom is -0.206 e. The first-order chi connectivity index (χ1) is 19.2. The molecule has 0 spiro atoms. The van der Waals surface area contributed by atoms with Gasteiger partial charge in [-0.2, -0.15) is 0 Å². The van der Waals surface area contributed by atoms with Crippen molar-refractivity contribution in [2.75, 3.05) is 0 Å². The summed E-state index contributed by atoms with van der Waals surface area (Å²) in [5.74, 6) is -4.64. The molecule has 2 aliphatic carbocycles. The van der Waals surface area contributed by atoms with E-state index in [1.54, 1.807) is 6.07 Å². The largest absolute Gasteiger partial charge is 0.206 e. The highest BCUT2D eigenvalue weighted by atomic mass is 19.2. The molecule has 0 radical (unpaired) electrons. The SMILES string of the molecule is C=CC1CCC(C2CCC(c3ccc(/C(F)=C(\F)c4ccc(-c5ccc(F)c(F)c5)c(F)c4)c(F)c3)CC2)CC1. The van der Waals surface area contributed by atoms with Crippen molar-refractivity contribution in [1.29, 1.82) is 0 Å². The van der Waals surface area contributed by atoms with Crippen molar-refractivity contribution in [3.63, 3.8) is 0 Å². The lowest BCUT2D eigenvalue weighted by Crippen LogP contribution is -2.25. The number of allylic oxidation sites excluding steroid dienone is 1. The van der Waals surface area contributed by atoms with Crippen molar-refractivity contribution >= 4 is 11.7 Å². The summed E-state index contributed by atoms with van der Waals surface area (Å²) in [5.41, 5.74) is -0.233. The molecule has 210 valence electrons. The summed E-state index contributed by atoms with van der Waals surface area (Å²) in [4.78, 5) is 0. The van der Waals surface area contributed by atoms with Gasteiger partial charge in [-0.1, -0.05) is 30.3 Å². The molecular weight excluding hydrogens is 522 g/mol. The van der Waals surface area contributed by atoms with Crippen molar-refractivity contribution in [2.24, 2.45) is 17.8 Å². The van der Waals surface area contributed by atoms with Crippen LogP contribution in [-0.4, -0.2) is 0 Å². The number of halogens is 6. The van der Waals surface area contributed by atoms with Crippen LogP contribution in [0.2, 0.25) is 0 Å². The second-order valence-electron chi connectivity index (χ2n) is 11.2. The molecule has 3 aromatic carbocycles. The van der Waals surface area contributed by atoms with Crippen LogP contribution >= 0.6 is 0 Å². The highest BCUT2D eigenvalue weighted by Gasteiger charge is 2.31. The van der Waals surface area contributed by atoms with Gasteiger partial charge in [-0.15, -0.1) is 6.58 Å². The Hall–Kier alpha value is -3.28. The van der Waals surface area contributed by atoms with Crippen LogP contribution in [0.4, 0.5) is 26.3 Å². The third-order valence-corrected chi connectivity index (χ3v) is 8.94. The van der Waals surface area contributed by atoms with Gasteiger partial charge in [0.15, 0.2) is 23.3 Å². The average Bonchev–Trinajstić information content (AvgIpc) is 2.98. The predicted octanol–water partition coefficient (Wildman–Crippen LogP) is 10.9. The van der Waals surface area contributed by atoms with E-state index in [2.05, 4.69) is 12.7 Å². The molecule has 0 saturated heterocycles. The first-order valence-corrected chi connectivity index (χ1v) is 14.0. The quantitative estimate of drug-likeness (QED) is 0.162. The van der Waals surface area contributed by atoms with Gasteiger partial charge in [-0.25, -0.2) is 26.3 Å². The molecule has 6 heteroatoms. The Balaban J connectivity index is 1.28. The molecule has 0 bridgehead atoms. The molecule has 0 unspecified atom stereocenters. The maximum atomic E-state index is 15.1. The van der Waals surface area contributed by atoms with E-state index in [0.29, 0.717) is 11.8 Å². The average molecular weight is 555 g/mol. The highest BCUT2D eigenvalue weighted by Crippen LogP contribution is 2.44. The molecule has 5 rings (SSSR count). The van der Waals surface area contributed by atoms with E-state index in [1.807, 2.05) is 0 Å². The Bertz CT molecular complexity index is 1410. The Kier molecular flexibility index (Phi) is 8.53. The van der Waals surface area contributed by atoms with Crippen LogP contribution in [0.5, 0.6) is 0 Å². The standard InChI is InChI=1S/C34H32F6/c1-2-20-3-5-21(6-4-20)22-7-9-23(10-8-22)24-11-15-28(31(37)17-24)34(40)33(39)26-12-14-27(30(36)19-26)25-13-16-29(35)32(38)18-25/h2,11-23H,1,3-10H2/b34-33+. The fraction of sp³-hybridized carbons (Fsp3) is 0.353. The van der Waals surface area contributed by atoms with Gasteiger partial charge in [-0.3, -0.25) is 0 Å².